The maximum Gasteiger partial charge on any atom is 0.306 e. The Morgan fingerprint density at radius 3 is 2.26 bits per heavy atom. The summed E-state index contributed by atoms with van der Waals surface area (Å²) in [5.41, 5.74) is 1.16. The fourth-order valence-electron chi connectivity index (χ4n) is 4.10. The van der Waals surface area contributed by atoms with E-state index in [4.69, 9.17) is 5.11 Å². The van der Waals surface area contributed by atoms with Gasteiger partial charge in [-0.3, -0.25) is 14.4 Å². The molecule has 2 fully saturated rings. The highest BCUT2D eigenvalue weighted by molar-refractivity contribution is 5.97. The molecule has 0 unspecified atom stereocenters. The van der Waals surface area contributed by atoms with E-state index >= 15 is 0 Å². The molecule has 6 nitrogen and oxygen atoms in total. The number of anilines is 1. The third-order valence-corrected chi connectivity index (χ3v) is 5.78. The van der Waals surface area contributed by atoms with Gasteiger partial charge in [0.25, 0.3) is 5.91 Å². The van der Waals surface area contributed by atoms with Crippen molar-refractivity contribution in [3.8, 4) is 0 Å². The van der Waals surface area contributed by atoms with Crippen LogP contribution in [0.4, 0.5) is 5.69 Å². The molecule has 0 spiro atoms. The Bertz CT molecular complexity index is 689. The van der Waals surface area contributed by atoms with E-state index in [1.54, 1.807) is 24.3 Å². The molecule has 2 amide bonds. The van der Waals surface area contributed by atoms with E-state index in [2.05, 4.69) is 10.6 Å². The Balaban J connectivity index is 1.54. The summed E-state index contributed by atoms with van der Waals surface area (Å²) < 4.78 is 0. The van der Waals surface area contributed by atoms with Crippen LogP contribution in [-0.2, 0) is 9.59 Å². The van der Waals surface area contributed by atoms with Gasteiger partial charge in [-0.2, -0.15) is 0 Å². The monoisotopic (exact) mass is 372 g/mol. The molecular weight excluding hydrogens is 344 g/mol. The second-order valence-electron chi connectivity index (χ2n) is 7.77. The van der Waals surface area contributed by atoms with Gasteiger partial charge in [0.1, 0.15) is 0 Å². The molecule has 2 aliphatic carbocycles. The van der Waals surface area contributed by atoms with Crippen molar-refractivity contribution in [2.75, 3.05) is 5.32 Å². The van der Waals surface area contributed by atoms with Gasteiger partial charge in [-0.25, -0.2) is 0 Å². The number of carbonyl (C=O) groups excluding carboxylic acids is 2. The summed E-state index contributed by atoms with van der Waals surface area (Å²) in [6, 6.07) is 7.02. The van der Waals surface area contributed by atoms with Crippen molar-refractivity contribution in [3.05, 3.63) is 29.8 Å². The number of amides is 2. The van der Waals surface area contributed by atoms with Crippen LogP contribution < -0.4 is 10.6 Å². The number of aliphatic carboxylic acids is 1. The highest BCUT2D eigenvalue weighted by Gasteiger charge is 2.27. The Morgan fingerprint density at radius 1 is 0.889 bits per heavy atom. The zero-order chi connectivity index (χ0) is 19.2. The molecule has 0 atom stereocenters. The van der Waals surface area contributed by atoms with Crippen LogP contribution in [0.15, 0.2) is 24.3 Å². The molecule has 2 saturated carbocycles. The normalized spacial score (nSPS) is 23.4. The number of hydrogen-bond donors (Lipinski definition) is 3. The summed E-state index contributed by atoms with van der Waals surface area (Å²) in [6.07, 6.45) is 7.83. The van der Waals surface area contributed by atoms with Crippen molar-refractivity contribution in [3.63, 3.8) is 0 Å². The van der Waals surface area contributed by atoms with E-state index in [1.807, 2.05) is 0 Å². The van der Waals surface area contributed by atoms with Gasteiger partial charge in [0.05, 0.1) is 5.92 Å². The third kappa shape index (κ3) is 5.31. The zero-order valence-corrected chi connectivity index (χ0v) is 15.6. The van der Waals surface area contributed by atoms with Gasteiger partial charge >= 0.3 is 5.97 Å². The van der Waals surface area contributed by atoms with E-state index in [0.717, 1.165) is 25.7 Å². The van der Waals surface area contributed by atoms with Gasteiger partial charge in [0.15, 0.2) is 0 Å². The molecule has 0 aliphatic heterocycles. The lowest BCUT2D eigenvalue weighted by molar-refractivity contribution is -0.142. The summed E-state index contributed by atoms with van der Waals surface area (Å²) >= 11 is 0. The van der Waals surface area contributed by atoms with Crippen molar-refractivity contribution in [2.24, 2.45) is 11.8 Å². The summed E-state index contributed by atoms with van der Waals surface area (Å²) in [5, 5.41) is 15.0. The number of nitrogens with one attached hydrogen (secondary N) is 2. The first-order chi connectivity index (χ1) is 13.0. The van der Waals surface area contributed by atoms with Crippen molar-refractivity contribution >= 4 is 23.5 Å². The molecule has 2 aliphatic rings. The maximum atomic E-state index is 12.5. The summed E-state index contributed by atoms with van der Waals surface area (Å²) in [6.45, 7) is 0. The second kappa shape index (κ2) is 9.02. The topological polar surface area (TPSA) is 95.5 Å². The van der Waals surface area contributed by atoms with Gasteiger partial charge in [-0.05, 0) is 56.7 Å². The quantitative estimate of drug-likeness (QED) is 0.736. The predicted molar refractivity (Wildman–Crippen MR) is 102 cm³/mol. The van der Waals surface area contributed by atoms with Crippen molar-refractivity contribution in [1.82, 2.24) is 5.32 Å². The minimum Gasteiger partial charge on any atom is -0.481 e. The van der Waals surface area contributed by atoms with E-state index in [9.17, 15) is 14.4 Å². The Morgan fingerprint density at radius 2 is 1.59 bits per heavy atom. The Kier molecular flexibility index (Phi) is 6.48. The minimum atomic E-state index is -0.749. The van der Waals surface area contributed by atoms with E-state index in [1.165, 1.54) is 6.42 Å². The lowest BCUT2D eigenvalue weighted by atomic mass is 9.86. The zero-order valence-electron chi connectivity index (χ0n) is 15.6. The molecule has 0 heterocycles. The first-order valence-electron chi connectivity index (χ1n) is 9.97. The van der Waals surface area contributed by atoms with E-state index < -0.39 is 5.97 Å². The van der Waals surface area contributed by atoms with Crippen LogP contribution in [-0.4, -0.2) is 28.9 Å². The molecule has 0 bridgehead atoms. The van der Waals surface area contributed by atoms with Crippen LogP contribution in [0.2, 0.25) is 0 Å². The van der Waals surface area contributed by atoms with Crippen molar-refractivity contribution < 1.29 is 19.5 Å². The SMILES string of the molecule is O=C(NC1CCC(C(=O)O)CC1)c1cccc(NC(=O)C2CCCCC2)c1. The van der Waals surface area contributed by atoms with Gasteiger partial charge in [0, 0.05) is 23.2 Å². The highest BCUT2D eigenvalue weighted by atomic mass is 16.4. The maximum absolute atomic E-state index is 12.5. The fraction of sp³-hybridized carbons (Fsp3) is 0.571. The van der Waals surface area contributed by atoms with Crippen LogP contribution in [0.1, 0.15) is 68.1 Å². The summed E-state index contributed by atoms with van der Waals surface area (Å²) in [7, 11) is 0. The predicted octanol–water partition coefficient (Wildman–Crippen LogP) is 3.58. The number of carbonyl (C=O) groups is 3. The lowest BCUT2D eigenvalue weighted by Crippen LogP contribution is -2.38. The molecule has 0 radical (unpaired) electrons. The third-order valence-electron chi connectivity index (χ3n) is 5.78. The number of carboxylic acid groups (broad SMARTS) is 1. The van der Waals surface area contributed by atoms with Crippen LogP contribution in [0.25, 0.3) is 0 Å². The molecule has 1 aromatic carbocycles. The average molecular weight is 372 g/mol. The fourth-order valence-corrected chi connectivity index (χ4v) is 4.10. The van der Waals surface area contributed by atoms with Crippen LogP contribution in [0.5, 0.6) is 0 Å². The average Bonchev–Trinajstić information content (AvgIpc) is 2.69. The van der Waals surface area contributed by atoms with Crippen LogP contribution in [0.3, 0.4) is 0 Å². The number of benzene rings is 1. The minimum absolute atomic E-state index is 0.00795. The molecule has 27 heavy (non-hydrogen) atoms. The number of carboxylic acids is 1. The van der Waals surface area contributed by atoms with Crippen molar-refractivity contribution in [2.45, 2.75) is 63.8 Å². The first-order valence-corrected chi connectivity index (χ1v) is 9.97. The molecule has 0 saturated heterocycles. The Labute approximate surface area is 159 Å². The van der Waals surface area contributed by atoms with Gasteiger partial charge in [-0.1, -0.05) is 25.3 Å². The van der Waals surface area contributed by atoms with Gasteiger partial charge in [0.2, 0.25) is 5.91 Å². The van der Waals surface area contributed by atoms with Gasteiger partial charge < -0.3 is 15.7 Å². The molecule has 0 aromatic heterocycles. The Hall–Kier alpha value is -2.37. The first kappa shape index (κ1) is 19.4. The number of hydrogen-bond acceptors (Lipinski definition) is 3. The summed E-state index contributed by atoms with van der Waals surface area (Å²) in [4.78, 5) is 35.9. The highest BCUT2D eigenvalue weighted by Crippen LogP contribution is 2.26. The molecule has 1 aromatic rings. The standard InChI is InChI=1S/C21H28N2O4/c24-19(14-5-2-1-3-6-14)23-18-8-4-7-16(13-18)20(25)22-17-11-9-15(10-12-17)21(26)27/h4,7-8,13-15,17H,1-3,5-6,9-12H2,(H,22,25)(H,23,24)(H,26,27). The number of rotatable bonds is 5. The smallest absolute Gasteiger partial charge is 0.306 e. The van der Waals surface area contributed by atoms with E-state index in [0.29, 0.717) is 36.9 Å². The molecule has 3 rings (SSSR count). The molecule has 146 valence electrons. The molecule has 6 heteroatoms. The summed E-state index contributed by atoms with van der Waals surface area (Å²) in [5.74, 6) is -1.11. The second-order valence-corrected chi connectivity index (χ2v) is 7.77. The van der Waals surface area contributed by atoms with Gasteiger partial charge in [-0.15, -0.1) is 0 Å². The van der Waals surface area contributed by atoms with E-state index in [-0.39, 0.29) is 29.7 Å². The molecule has 3 N–H and O–H groups in total. The van der Waals surface area contributed by atoms with Crippen molar-refractivity contribution in [1.29, 1.82) is 0 Å². The lowest BCUT2D eigenvalue weighted by Gasteiger charge is -2.26. The van der Waals surface area contributed by atoms with Crippen LogP contribution >= 0.6 is 0 Å². The molecular formula is C21H28N2O4. The van der Waals surface area contributed by atoms with Crippen LogP contribution in [0, 0.1) is 11.8 Å². The largest absolute Gasteiger partial charge is 0.481 e.